The van der Waals surface area contributed by atoms with Crippen molar-refractivity contribution in [2.45, 2.75) is 18.4 Å². The molecule has 0 unspecified atom stereocenters. The lowest BCUT2D eigenvalue weighted by atomic mass is 10.1. The number of aliphatic hydroxyl groups excluding tert-OH is 1. The normalized spacial score (nSPS) is 15.8. The molecule has 0 spiro atoms. The zero-order valence-corrected chi connectivity index (χ0v) is 16.0. The van der Waals surface area contributed by atoms with Crippen LogP contribution in [0.2, 0.25) is 0 Å². The van der Waals surface area contributed by atoms with Crippen molar-refractivity contribution >= 4 is 27.8 Å². The maximum atomic E-state index is 12.2. The van der Waals surface area contributed by atoms with Crippen LogP contribution in [0.4, 0.5) is 0 Å². The van der Waals surface area contributed by atoms with Gasteiger partial charge >= 0.3 is 5.97 Å². The minimum absolute atomic E-state index is 0.00356. The first-order valence-corrected chi connectivity index (χ1v) is 9.73. The quantitative estimate of drug-likeness (QED) is 0.717. The lowest BCUT2D eigenvalue weighted by Gasteiger charge is -2.04. The Hall–Kier alpha value is -3.17. The summed E-state index contributed by atoms with van der Waals surface area (Å²) in [6.07, 6.45) is 1.45. The van der Waals surface area contributed by atoms with Gasteiger partial charge in [-0.3, -0.25) is 0 Å². The Balaban J connectivity index is 1.74. The number of carbonyl (C=O) groups excluding carboxylic acids is 1. The number of aliphatic imine (C=N–C) groups is 1. The summed E-state index contributed by atoms with van der Waals surface area (Å²) in [7, 11) is -2.44. The van der Waals surface area contributed by atoms with Crippen molar-refractivity contribution in [3.63, 3.8) is 0 Å². The van der Waals surface area contributed by atoms with E-state index in [1.54, 1.807) is 37.3 Å². The Bertz CT molecular complexity index is 1090. The molecule has 2 heterocycles. The highest BCUT2D eigenvalue weighted by Crippen LogP contribution is 2.26. The third-order valence-corrected chi connectivity index (χ3v) is 5.39. The van der Waals surface area contributed by atoms with Crippen molar-refractivity contribution < 1.29 is 27.5 Å². The first kappa shape index (κ1) is 19.6. The summed E-state index contributed by atoms with van der Waals surface area (Å²) in [6, 6.07) is 11.2. The number of aliphatic hydroxyl groups is 1. The Labute approximate surface area is 161 Å². The molecule has 2 aromatic rings. The lowest BCUT2D eigenvalue weighted by Crippen LogP contribution is -2.22. The monoisotopic (exact) mass is 402 g/mol. The van der Waals surface area contributed by atoms with Crippen LogP contribution in [-0.4, -0.2) is 32.3 Å². The van der Waals surface area contributed by atoms with Gasteiger partial charge in [-0.2, -0.15) is 0 Å². The van der Waals surface area contributed by atoms with E-state index in [1.807, 2.05) is 0 Å². The molecular formula is C19H18N2O6S. The molecule has 1 aromatic carbocycles. The van der Waals surface area contributed by atoms with Crippen LogP contribution in [0.3, 0.4) is 0 Å². The van der Waals surface area contributed by atoms with Crippen LogP contribution in [0.25, 0.3) is 6.08 Å². The van der Waals surface area contributed by atoms with E-state index < -0.39 is 16.0 Å². The summed E-state index contributed by atoms with van der Waals surface area (Å²) in [4.78, 5) is 16.0. The van der Waals surface area contributed by atoms with Crippen molar-refractivity contribution in [2.24, 2.45) is 4.99 Å². The molecule has 8 nitrogen and oxygen atoms in total. The number of esters is 1. The van der Waals surface area contributed by atoms with Gasteiger partial charge in [0.05, 0.1) is 24.3 Å². The topological polar surface area (TPSA) is 118 Å². The van der Waals surface area contributed by atoms with E-state index in [4.69, 9.17) is 4.42 Å². The van der Waals surface area contributed by atoms with Gasteiger partial charge in [-0.05, 0) is 31.2 Å². The maximum absolute atomic E-state index is 12.2. The van der Waals surface area contributed by atoms with E-state index in [9.17, 15) is 18.3 Å². The molecule has 146 valence electrons. The fourth-order valence-electron chi connectivity index (χ4n) is 2.59. The molecular weight excluding hydrogens is 384 g/mol. The number of furan rings is 1. The number of hydrogen-bond donors (Lipinski definition) is 2. The van der Waals surface area contributed by atoms with Gasteiger partial charge in [0.1, 0.15) is 22.8 Å². The maximum Gasteiger partial charge on any atom is 0.343 e. The summed E-state index contributed by atoms with van der Waals surface area (Å²) in [5, 5.41) is 10.2. The first-order valence-electron chi connectivity index (χ1n) is 8.24. The van der Waals surface area contributed by atoms with Crippen molar-refractivity contribution in [2.75, 3.05) is 7.11 Å². The summed E-state index contributed by atoms with van der Waals surface area (Å²) in [5.41, 5.74) is 0.484. The Kier molecular flexibility index (Phi) is 5.48. The van der Waals surface area contributed by atoms with Gasteiger partial charge in [-0.15, -0.1) is 0 Å². The molecule has 0 bridgehead atoms. The average molecular weight is 402 g/mol. The fraction of sp³-hybridized carbons (Fsp3) is 0.158. The van der Waals surface area contributed by atoms with Gasteiger partial charge in [-0.25, -0.2) is 22.9 Å². The molecule has 0 radical (unpaired) electrons. The third-order valence-electron chi connectivity index (χ3n) is 3.97. The molecule has 9 heteroatoms. The fourth-order valence-corrected chi connectivity index (χ4v) is 3.60. The summed E-state index contributed by atoms with van der Waals surface area (Å²) in [6.45, 7) is 1.53. The molecule has 0 fully saturated rings. The number of nitrogens with zero attached hydrogens (tertiary/aromatic N) is 1. The van der Waals surface area contributed by atoms with Crippen LogP contribution in [-0.2, 0) is 26.1 Å². The SMILES string of the molecule is COC(=O)C1=C(O)/C(=C\c2ccc(CNS(=O)(=O)c3ccccc3)o2)N=C1C. The van der Waals surface area contributed by atoms with Crippen molar-refractivity contribution in [1.29, 1.82) is 0 Å². The largest absolute Gasteiger partial charge is 0.505 e. The van der Waals surface area contributed by atoms with Crippen LogP contribution in [0, 0.1) is 0 Å². The standard InChI is InChI=1S/C19H18N2O6S/c1-12-17(19(23)26-2)18(22)16(21-12)10-13-8-9-14(27-13)11-20-28(24,25)15-6-4-3-5-7-15/h3-10,20,22H,11H2,1-2H3/b16-10+. The van der Waals surface area contributed by atoms with Crippen LogP contribution in [0.1, 0.15) is 18.4 Å². The molecule has 28 heavy (non-hydrogen) atoms. The molecule has 2 N–H and O–H groups in total. The Morgan fingerprint density at radius 1 is 1.25 bits per heavy atom. The molecule has 0 saturated heterocycles. The number of ether oxygens (including phenoxy) is 1. The molecule has 0 amide bonds. The highest BCUT2D eigenvalue weighted by Gasteiger charge is 2.27. The van der Waals surface area contributed by atoms with Crippen LogP contribution >= 0.6 is 0 Å². The second-order valence-corrected chi connectivity index (χ2v) is 7.65. The zero-order chi connectivity index (χ0) is 20.3. The minimum Gasteiger partial charge on any atom is -0.505 e. The number of benzene rings is 1. The molecule has 1 aliphatic heterocycles. The molecule has 1 aromatic heterocycles. The second-order valence-electron chi connectivity index (χ2n) is 5.88. The number of nitrogens with one attached hydrogen (secondary N) is 1. The van der Waals surface area contributed by atoms with Gasteiger partial charge in [0.25, 0.3) is 0 Å². The summed E-state index contributed by atoms with van der Waals surface area (Å²) < 4.78 is 37.1. The number of sulfonamides is 1. The third kappa shape index (κ3) is 4.05. The number of hydrogen-bond acceptors (Lipinski definition) is 7. The predicted molar refractivity (Wildman–Crippen MR) is 102 cm³/mol. The van der Waals surface area contributed by atoms with Gasteiger partial charge in [0.15, 0.2) is 5.76 Å². The second kappa shape index (κ2) is 7.83. The zero-order valence-electron chi connectivity index (χ0n) is 15.2. The summed E-state index contributed by atoms with van der Waals surface area (Å²) >= 11 is 0. The van der Waals surface area contributed by atoms with Crippen LogP contribution in [0.15, 0.2) is 73.8 Å². The Morgan fingerprint density at radius 2 is 1.96 bits per heavy atom. The van der Waals surface area contributed by atoms with Gasteiger partial charge in [0.2, 0.25) is 10.0 Å². The van der Waals surface area contributed by atoms with Crippen molar-refractivity contribution in [3.05, 3.63) is 71.0 Å². The highest BCUT2D eigenvalue weighted by molar-refractivity contribution is 7.89. The number of rotatable bonds is 6. The van der Waals surface area contributed by atoms with E-state index in [0.717, 1.165) is 0 Å². The van der Waals surface area contributed by atoms with E-state index in [0.29, 0.717) is 17.2 Å². The van der Waals surface area contributed by atoms with E-state index >= 15 is 0 Å². The summed E-state index contributed by atoms with van der Waals surface area (Å²) in [5.74, 6) is -0.260. The minimum atomic E-state index is -3.65. The van der Waals surface area contributed by atoms with Gasteiger partial charge in [-0.1, -0.05) is 18.2 Å². The predicted octanol–water partition coefficient (Wildman–Crippen LogP) is 2.56. The highest BCUT2D eigenvalue weighted by atomic mass is 32.2. The number of methoxy groups -OCH3 is 1. The van der Waals surface area contributed by atoms with Crippen LogP contribution < -0.4 is 4.72 Å². The lowest BCUT2D eigenvalue weighted by molar-refractivity contribution is -0.135. The average Bonchev–Trinajstić information content (AvgIpc) is 3.24. The van der Waals surface area contributed by atoms with E-state index in [2.05, 4.69) is 14.5 Å². The van der Waals surface area contributed by atoms with Crippen molar-refractivity contribution in [1.82, 2.24) is 4.72 Å². The smallest absolute Gasteiger partial charge is 0.343 e. The molecule has 0 aliphatic carbocycles. The van der Waals surface area contributed by atoms with Gasteiger partial charge in [0, 0.05) is 6.08 Å². The molecule has 1 aliphatic rings. The molecule has 0 atom stereocenters. The van der Waals surface area contributed by atoms with Gasteiger partial charge < -0.3 is 14.3 Å². The van der Waals surface area contributed by atoms with Crippen molar-refractivity contribution in [3.8, 4) is 0 Å². The Morgan fingerprint density at radius 3 is 2.64 bits per heavy atom. The molecule has 3 rings (SSSR count). The first-order chi connectivity index (χ1) is 13.3. The molecule has 0 saturated carbocycles. The van der Waals surface area contributed by atoms with E-state index in [1.165, 1.54) is 25.3 Å². The van der Waals surface area contributed by atoms with E-state index in [-0.39, 0.29) is 28.5 Å². The van der Waals surface area contributed by atoms with Crippen LogP contribution in [0.5, 0.6) is 0 Å². The number of carbonyl (C=O) groups is 1.